The number of halogens is 3. The Balaban J connectivity index is 0.00000361. The molecule has 0 saturated carbocycles. The van der Waals surface area contributed by atoms with Crippen molar-refractivity contribution in [2.45, 2.75) is 39.2 Å². The molecule has 1 saturated heterocycles. The topological polar surface area (TPSA) is 29.5 Å². The second kappa shape index (κ2) is 7.67. The average Bonchev–Trinajstić information content (AvgIpc) is 2.24. The normalized spacial score (nSPS) is 17.4. The van der Waals surface area contributed by atoms with Crippen LogP contribution in [0.3, 0.4) is 0 Å². The van der Waals surface area contributed by atoms with E-state index in [1.54, 1.807) is 20.8 Å². The minimum absolute atomic E-state index is 0. The Morgan fingerprint density at radius 2 is 1.70 bits per heavy atom. The van der Waals surface area contributed by atoms with Crippen LogP contribution in [0.2, 0.25) is 0 Å². The summed E-state index contributed by atoms with van der Waals surface area (Å²) < 4.78 is 42.9. The largest absolute Gasteiger partial charge is 1.00 e. The molecule has 0 atom stereocenters. The van der Waals surface area contributed by atoms with Gasteiger partial charge in [-0.05, 0) is 39.5 Å². The van der Waals surface area contributed by atoms with Crippen LogP contribution in [0.15, 0.2) is 12.1 Å². The molecule has 3 nitrogen and oxygen atoms in total. The number of carbonyl (C=O) groups excluding carboxylic acids is 1. The second-order valence-electron chi connectivity index (χ2n) is 5.89. The van der Waals surface area contributed by atoms with Crippen LogP contribution in [0.5, 0.6) is 0 Å². The molecule has 1 fully saturated rings. The maximum absolute atomic E-state index is 12.6. The van der Waals surface area contributed by atoms with Crippen molar-refractivity contribution < 1.29 is 73.9 Å². The van der Waals surface area contributed by atoms with Gasteiger partial charge in [-0.15, -0.1) is 12.1 Å². The first-order valence-electron chi connectivity index (χ1n) is 6.37. The van der Waals surface area contributed by atoms with Gasteiger partial charge in [-0.25, -0.2) is 4.79 Å². The molecule has 1 heterocycles. The van der Waals surface area contributed by atoms with E-state index in [0.29, 0.717) is 12.8 Å². The molecule has 0 N–H and O–H groups in total. The third-order valence-corrected chi connectivity index (χ3v) is 3.09. The molecule has 0 aromatic rings. The van der Waals surface area contributed by atoms with Crippen LogP contribution in [-0.4, -0.2) is 36.7 Å². The maximum Gasteiger partial charge on any atom is 1.00 e. The van der Waals surface area contributed by atoms with Gasteiger partial charge in [0.25, 0.3) is 0 Å². The van der Waals surface area contributed by atoms with E-state index in [1.807, 2.05) is 0 Å². The van der Waals surface area contributed by atoms with Crippen molar-refractivity contribution in [3.05, 3.63) is 12.1 Å². The van der Waals surface area contributed by atoms with Gasteiger partial charge in [-0.2, -0.15) is 0 Å². The molecule has 0 bridgehead atoms. The molecule has 110 valence electrons. The number of piperidine rings is 1. The van der Waals surface area contributed by atoms with Crippen LogP contribution in [0, 0.1) is 5.92 Å². The number of rotatable bonds is 2. The minimum atomic E-state index is -4.99. The molecule has 20 heavy (non-hydrogen) atoms. The minimum Gasteiger partial charge on any atom is -0.445 e. The van der Waals surface area contributed by atoms with E-state index in [1.165, 1.54) is 4.90 Å². The van der Waals surface area contributed by atoms with E-state index in [-0.39, 0.29) is 64.5 Å². The molecule has 0 aliphatic carbocycles. The maximum atomic E-state index is 12.6. The average molecular weight is 317 g/mol. The van der Waals surface area contributed by atoms with Gasteiger partial charge < -0.3 is 22.6 Å². The summed E-state index contributed by atoms with van der Waals surface area (Å²) in [6.07, 6.45) is 0.118. The fourth-order valence-corrected chi connectivity index (χ4v) is 2.03. The molecule has 0 spiro atoms. The molecule has 8 heteroatoms. The zero-order chi connectivity index (χ0) is 14.8. The number of ether oxygens (including phenoxy) is 1. The Morgan fingerprint density at radius 1 is 1.25 bits per heavy atom. The fraction of sp³-hybridized carbons (Fsp3) is 0.750. The Bertz CT molecular complexity index is 361. The summed E-state index contributed by atoms with van der Waals surface area (Å²) in [5, 5.41) is 0. The summed E-state index contributed by atoms with van der Waals surface area (Å²) in [5.74, 6) is -0.571. The predicted molar refractivity (Wildman–Crippen MR) is 68.7 cm³/mol. The van der Waals surface area contributed by atoms with Gasteiger partial charge in [-0.1, -0.05) is 0 Å². The molecule has 1 aliphatic rings. The third kappa shape index (κ3) is 6.51. The predicted octanol–water partition coefficient (Wildman–Crippen LogP) is 0.580. The zero-order valence-electron chi connectivity index (χ0n) is 12.6. The summed E-state index contributed by atoms with van der Waals surface area (Å²) in [5.41, 5.74) is -1.23. The Kier molecular flexibility index (Phi) is 7.86. The summed E-state index contributed by atoms with van der Waals surface area (Å²) in [7, 11) is 0. The van der Waals surface area contributed by atoms with E-state index >= 15 is 0 Å². The van der Waals surface area contributed by atoms with Crippen molar-refractivity contribution >= 4 is 13.1 Å². The molecule has 1 rings (SSSR count). The van der Waals surface area contributed by atoms with E-state index in [0.717, 1.165) is 0 Å². The SMILES string of the molecule is C=C(C1CCN(C(=O)OC(C)(C)C)CC1)[B-](F)(F)F.[K+]. The first-order chi connectivity index (χ1) is 8.50. The van der Waals surface area contributed by atoms with Crippen LogP contribution in [0.4, 0.5) is 17.7 Å². The molecule has 1 aliphatic heterocycles. The Labute approximate surface area is 160 Å². The zero-order valence-corrected chi connectivity index (χ0v) is 15.7. The second-order valence-corrected chi connectivity index (χ2v) is 5.89. The van der Waals surface area contributed by atoms with E-state index in [2.05, 4.69) is 6.58 Å². The van der Waals surface area contributed by atoms with Gasteiger partial charge in [0, 0.05) is 13.1 Å². The van der Waals surface area contributed by atoms with Crippen molar-refractivity contribution in [3.63, 3.8) is 0 Å². The molecular formula is C12H20BF3KNO2. The van der Waals surface area contributed by atoms with Gasteiger partial charge in [0.15, 0.2) is 0 Å². The molecule has 0 radical (unpaired) electrons. The summed E-state index contributed by atoms with van der Waals surface area (Å²) in [6, 6.07) is 0. The van der Waals surface area contributed by atoms with Crippen molar-refractivity contribution in [2.75, 3.05) is 13.1 Å². The van der Waals surface area contributed by atoms with Crippen LogP contribution >= 0.6 is 0 Å². The van der Waals surface area contributed by atoms with Crippen LogP contribution < -0.4 is 51.4 Å². The first-order valence-corrected chi connectivity index (χ1v) is 6.37. The van der Waals surface area contributed by atoms with E-state index < -0.39 is 30.1 Å². The molecule has 0 aromatic carbocycles. The number of amides is 1. The van der Waals surface area contributed by atoms with Crippen molar-refractivity contribution in [2.24, 2.45) is 5.92 Å². The third-order valence-electron chi connectivity index (χ3n) is 3.09. The van der Waals surface area contributed by atoms with Gasteiger partial charge in [-0.3, -0.25) is 0 Å². The summed E-state index contributed by atoms with van der Waals surface area (Å²) in [6.45, 7) is 3.99. The summed E-state index contributed by atoms with van der Waals surface area (Å²) >= 11 is 0. The van der Waals surface area contributed by atoms with E-state index in [9.17, 15) is 17.7 Å². The van der Waals surface area contributed by atoms with Crippen LogP contribution in [0.1, 0.15) is 33.6 Å². The Hall–Kier alpha value is 0.501. The molecule has 0 unspecified atom stereocenters. The fourth-order valence-electron chi connectivity index (χ4n) is 2.03. The summed E-state index contributed by atoms with van der Waals surface area (Å²) in [4.78, 5) is 13.2. The smallest absolute Gasteiger partial charge is 0.445 e. The number of hydrogen-bond acceptors (Lipinski definition) is 2. The number of carbonyl (C=O) groups is 1. The van der Waals surface area contributed by atoms with Crippen molar-refractivity contribution in [1.29, 1.82) is 0 Å². The standard InChI is InChI=1S/C12H20BF3NO2.K/c1-9(13(14,15)16)10-5-7-17(8-6-10)11(18)19-12(2,3)4;/h10H,1,5-8H2,2-4H3;/q-1;+1. The van der Waals surface area contributed by atoms with Gasteiger partial charge in [0.2, 0.25) is 0 Å². The van der Waals surface area contributed by atoms with Crippen molar-refractivity contribution in [3.8, 4) is 0 Å². The number of hydrogen-bond donors (Lipinski definition) is 0. The molecule has 0 aromatic heterocycles. The van der Waals surface area contributed by atoms with E-state index in [4.69, 9.17) is 4.74 Å². The molecular weight excluding hydrogens is 297 g/mol. The Morgan fingerprint density at radius 3 is 2.05 bits per heavy atom. The van der Waals surface area contributed by atoms with Crippen LogP contribution in [0.25, 0.3) is 0 Å². The van der Waals surface area contributed by atoms with Crippen molar-refractivity contribution in [1.82, 2.24) is 4.90 Å². The number of allylic oxidation sites excluding steroid dienone is 1. The van der Waals surface area contributed by atoms with Crippen LogP contribution in [-0.2, 0) is 4.74 Å². The first kappa shape index (κ1) is 20.5. The number of nitrogens with zero attached hydrogens (tertiary/aromatic N) is 1. The van der Waals surface area contributed by atoms with Gasteiger partial charge >= 0.3 is 64.5 Å². The number of likely N-dealkylation sites (tertiary alicyclic amines) is 1. The quantitative estimate of drug-likeness (QED) is 0.698. The monoisotopic (exact) mass is 317 g/mol. The van der Waals surface area contributed by atoms with Gasteiger partial charge in [0.05, 0.1) is 0 Å². The molecule has 1 amide bonds. The van der Waals surface area contributed by atoms with Gasteiger partial charge in [0.1, 0.15) is 5.60 Å².